The largest absolute Gasteiger partial charge is 0.348 e. The first-order valence-electron chi connectivity index (χ1n) is 6.51. The number of hydrogen-bond donors (Lipinski definition) is 2. The quantitative estimate of drug-likeness (QED) is 0.889. The van der Waals surface area contributed by atoms with Crippen molar-refractivity contribution in [1.29, 1.82) is 0 Å². The molecule has 1 aliphatic rings. The van der Waals surface area contributed by atoms with Crippen LogP contribution in [0.2, 0.25) is 0 Å². The Balaban J connectivity index is 1.66. The summed E-state index contributed by atoms with van der Waals surface area (Å²) in [4.78, 5) is 11.4. The standard InChI is InChI=1S/C12H17N5OS/c13-9(5-8-6-14-7-15-8)12-16-11(17-18-12)10-3-1-2-4-19-10/h6-7,9-10H,1-5,13H2,(H,14,15)/t9-,10?/m1/s1. The highest BCUT2D eigenvalue weighted by molar-refractivity contribution is 7.99. The second-order valence-corrected chi connectivity index (χ2v) is 6.04. The van der Waals surface area contributed by atoms with Crippen molar-refractivity contribution >= 4 is 11.8 Å². The number of hydrogen-bond acceptors (Lipinski definition) is 6. The highest BCUT2D eigenvalue weighted by Gasteiger charge is 2.23. The number of aromatic nitrogens is 4. The van der Waals surface area contributed by atoms with Gasteiger partial charge in [0.25, 0.3) is 0 Å². The van der Waals surface area contributed by atoms with Crippen LogP contribution in [-0.2, 0) is 6.42 Å². The fourth-order valence-corrected chi connectivity index (χ4v) is 3.43. The number of aromatic amines is 1. The highest BCUT2D eigenvalue weighted by atomic mass is 32.2. The number of thioether (sulfide) groups is 1. The summed E-state index contributed by atoms with van der Waals surface area (Å²) >= 11 is 1.90. The summed E-state index contributed by atoms with van der Waals surface area (Å²) in [6.45, 7) is 0. The van der Waals surface area contributed by atoms with E-state index in [1.807, 2.05) is 11.8 Å². The number of imidazole rings is 1. The van der Waals surface area contributed by atoms with Crippen LogP contribution in [0.25, 0.3) is 0 Å². The van der Waals surface area contributed by atoms with E-state index in [1.165, 1.54) is 18.6 Å². The first-order chi connectivity index (χ1) is 9.33. The molecular formula is C12H17N5OS. The van der Waals surface area contributed by atoms with Crippen LogP contribution in [0.3, 0.4) is 0 Å². The molecule has 3 rings (SSSR count). The summed E-state index contributed by atoms with van der Waals surface area (Å²) in [5, 5.41) is 4.44. The molecule has 2 aromatic rings. The Hall–Kier alpha value is -1.34. The SMILES string of the molecule is N[C@H](Cc1cnc[nH]1)c1nc(C2CCCCS2)no1. The number of nitrogens with two attached hydrogens (primary N) is 1. The van der Waals surface area contributed by atoms with Crippen LogP contribution in [0.4, 0.5) is 0 Å². The van der Waals surface area contributed by atoms with Crippen molar-refractivity contribution in [3.8, 4) is 0 Å². The lowest BCUT2D eigenvalue weighted by Crippen LogP contribution is -2.14. The van der Waals surface area contributed by atoms with Crippen LogP contribution < -0.4 is 5.73 Å². The van der Waals surface area contributed by atoms with Crippen LogP contribution in [0.5, 0.6) is 0 Å². The van der Waals surface area contributed by atoms with Gasteiger partial charge < -0.3 is 15.2 Å². The van der Waals surface area contributed by atoms with E-state index in [1.54, 1.807) is 12.5 Å². The van der Waals surface area contributed by atoms with Gasteiger partial charge in [-0.25, -0.2) is 4.98 Å². The maximum atomic E-state index is 6.08. The third-order valence-corrected chi connectivity index (χ3v) is 4.61. The molecule has 19 heavy (non-hydrogen) atoms. The molecule has 0 radical (unpaired) electrons. The van der Waals surface area contributed by atoms with Crippen molar-refractivity contribution in [3.63, 3.8) is 0 Å². The maximum absolute atomic E-state index is 6.08. The molecule has 1 aliphatic heterocycles. The Bertz CT molecular complexity index is 506. The molecule has 102 valence electrons. The van der Waals surface area contributed by atoms with Gasteiger partial charge in [-0.05, 0) is 18.6 Å². The third-order valence-electron chi connectivity index (χ3n) is 3.24. The Kier molecular flexibility index (Phi) is 3.84. The second kappa shape index (κ2) is 5.75. The average Bonchev–Trinajstić information content (AvgIpc) is 3.10. The molecule has 3 N–H and O–H groups in total. The molecule has 2 aromatic heterocycles. The van der Waals surface area contributed by atoms with Crippen LogP contribution in [0.1, 0.15) is 48.0 Å². The van der Waals surface area contributed by atoms with Crippen LogP contribution in [0.15, 0.2) is 17.0 Å². The van der Waals surface area contributed by atoms with Gasteiger partial charge in [0.1, 0.15) is 0 Å². The van der Waals surface area contributed by atoms with Gasteiger partial charge in [-0.15, -0.1) is 0 Å². The lowest BCUT2D eigenvalue weighted by atomic mass is 10.1. The van der Waals surface area contributed by atoms with Gasteiger partial charge in [0.05, 0.1) is 17.6 Å². The zero-order valence-electron chi connectivity index (χ0n) is 10.6. The van der Waals surface area contributed by atoms with Gasteiger partial charge >= 0.3 is 0 Å². The van der Waals surface area contributed by atoms with Crippen molar-refractivity contribution in [2.75, 3.05) is 5.75 Å². The molecule has 2 atom stereocenters. The molecule has 3 heterocycles. The summed E-state index contributed by atoms with van der Waals surface area (Å²) in [5.74, 6) is 2.48. The summed E-state index contributed by atoms with van der Waals surface area (Å²) in [6.07, 6.45) is 7.67. The molecule has 1 saturated heterocycles. The van der Waals surface area contributed by atoms with Crippen LogP contribution in [0, 0.1) is 0 Å². The molecule has 0 aromatic carbocycles. The minimum absolute atomic E-state index is 0.282. The Labute approximate surface area is 115 Å². The lowest BCUT2D eigenvalue weighted by Gasteiger charge is -2.17. The molecule has 1 fully saturated rings. The van der Waals surface area contributed by atoms with E-state index in [0.29, 0.717) is 17.6 Å². The summed E-state index contributed by atoms with van der Waals surface area (Å²) < 4.78 is 5.29. The van der Waals surface area contributed by atoms with E-state index in [0.717, 1.165) is 17.9 Å². The van der Waals surface area contributed by atoms with Gasteiger partial charge in [0.15, 0.2) is 5.82 Å². The van der Waals surface area contributed by atoms with Crippen LogP contribution >= 0.6 is 11.8 Å². The Morgan fingerprint density at radius 2 is 2.47 bits per heavy atom. The van der Waals surface area contributed by atoms with Gasteiger partial charge in [-0.3, -0.25) is 0 Å². The predicted octanol–water partition coefficient (Wildman–Crippen LogP) is 1.99. The molecule has 0 amide bonds. The molecule has 0 aliphatic carbocycles. The molecule has 0 saturated carbocycles. The first-order valence-corrected chi connectivity index (χ1v) is 7.56. The van der Waals surface area contributed by atoms with E-state index in [9.17, 15) is 0 Å². The highest BCUT2D eigenvalue weighted by Crippen LogP contribution is 2.36. The van der Waals surface area contributed by atoms with Crippen molar-refractivity contribution in [2.24, 2.45) is 5.73 Å². The van der Waals surface area contributed by atoms with E-state index in [-0.39, 0.29) is 6.04 Å². The molecule has 0 spiro atoms. The normalized spacial score (nSPS) is 21.4. The zero-order valence-corrected chi connectivity index (χ0v) is 11.4. The number of nitrogens with one attached hydrogen (secondary N) is 1. The summed E-state index contributed by atoms with van der Waals surface area (Å²) in [6, 6.07) is -0.282. The van der Waals surface area contributed by atoms with Crippen molar-refractivity contribution < 1.29 is 4.52 Å². The molecule has 7 heteroatoms. The van der Waals surface area contributed by atoms with E-state index in [2.05, 4.69) is 20.1 Å². The lowest BCUT2D eigenvalue weighted by molar-refractivity contribution is 0.349. The average molecular weight is 279 g/mol. The monoisotopic (exact) mass is 279 g/mol. The van der Waals surface area contributed by atoms with E-state index < -0.39 is 0 Å². The molecular weight excluding hydrogens is 262 g/mol. The summed E-state index contributed by atoms with van der Waals surface area (Å²) in [5.41, 5.74) is 7.05. The number of H-pyrrole nitrogens is 1. The van der Waals surface area contributed by atoms with Gasteiger partial charge in [-0.1, -0.05) is 11.6 Å². The number of rotatable bonds is 4. The minimum Gasteiger partial charge on any atom is -0.348 e. The molecule has 1 unspecified atom stereocenters. The minimum atomic E-state index is -0.282. The topological polar surface area (TPSA) is 93.6 Å². The predicted molar refractivity (Wildman–Crippen MR) is 72.6 cm³/mol. The first kappa shape index (κ1) is 12.7. The van der Waals surface area contributed by atoms with E-state index in [4.69, 9.17) is 10.3 Å². The van der Waals surface area contributed by atoms with Crippen molar-refractivity contribution in [3.05, 3.63) is 29.9 Å². The molecule has 6 nitrogen and oxygen atoms in total. The smallest absolute Gasteiger partial charge is 0.243 e. The number of nitrogens with zero attached hydrogens (tertiary/aromatic N) is 3. The fraction of sp³-hybridized carbons (Fsp3) is 0.583. The summed E-state index contributed by atoms with van der Waals surface area (Å²) in [7, 11) is 0. The maximum Gasteiger partial charge on any atom is 0.243 e. The molecule has 0 bridgehead atoms. The Morgan fingerprint density at radius 3 is 3.21 bits per heavy atom. The van der Waals surface area contributed by atoms with E-state index >= 15 is 0 Å². The van der Waals surface area contributed by atoms with Gasteiger partial charge in [0, 0.05) is 18.3 Å². The zero-order chi connectivity index (χ0) is 13.1. The Morgan fingerprint density at radius 1 is 1.53 bits per heavy atom. The second-order valence-electron chi connectivity index (χ2n) is 4.73. The van der Waals surface area contributed by atoms with Crippen molar-refractivity contribution in [2.45, 2.75) is 37.0 Å². The van der Waals surface area contributed by atoms with Gasteiger partial charge in [-0.2, -0.15) is 16.7 Å². The van der Waals surface area contributed by atoms with Crippen molar-refractivity contribution in [1.82, 2.24) is 20.1 Å². The van der Waals surface area contributed by atoms with Crippen LogP contribution in [-0.4, -0.2) is 25.9 Å². The fourth-order valence-electron chi connectivity index (χ4n) is 2.19. The third kappa shape index (κ3) is 2.98. The van der Waals surface area contributed by atoms with Gasteiger partial charge in [0.2, 0.25) is 5.89 Å².